The van der Waals surface area contributed by atoms with Crippen LogP contribution in [0.5, 0.6) is 0 Å². The van der Waals surface area contributed by atoms with Crippen LogP contribution in [0.25, 0.3) is 0 Å². The highest BCUT2D eigenvalue weighted by Gasteiger charge is 2.05. The van der Waals surface area contributed by atoms with Crippen LogP contribution in [0.4, 0.5) is 0 Å². The number of nitrogens with one attached hydrogen (secondary N) is 2. The molecule has 0 heterocycles. The molecule has 0 atom stereocenters. The van der Waals surface area contributed by atoms with Gasteiger partial charge in [0.05, 0.1) is 6.54 Å². The Kier molecular flexibility index (Phi) is 8.71. The molecule has 1 aromatic rings. The highest BCUT2D eigenvalue weighted by molar-refractivity contribution is 5.77. The quantitative estimate of drug-likeness (QED) is 0.694. The van der Waals surface area contributed by atoms with E-state index in [0.29, 0.717) is 13.1 Å². The highest BCUT2D eigenvalue weighted by atomic mass is 16.1. The Morgan fingerprint density at radius 2 is 2.00 bits per heavy atom. The SMILES string of the molecule is CCCCN(CC)Cc1cccc(CNC(=O)CNC)c1. The summed E-state index contributed by atoms with van der Waals surface area (Å²) in [6, 6.07) is 8.48. The second-order valence-electron chi connectivity index (χ2n) is 5.35. The maximum atomic E-state index is 11.5. The molecular formula is C17H29N3O. The van der Waals surface area contributed by atoms with E-state index in [1.54, 1.807) is 7.05 Å². The minimum Gasteiger partial charge on any atom is -0.351 e. The molecule has 4 nitrogen and oxygen atoms in total. The average molecular weight is 291 g/mol. The lowest BCUT2D eigenvalue weighted by Crippen LogP contribution is -2.31. The van der Waals surface area contributed by atoms with Crippen LogP contribution in [0.3, 0.4) is 0 Å². The van der Waals surface area contributed by atoms with E-state index in [-0.39, 0.29) is 5.91 Å². The Labute approximate surface area is 128 Å². The third-order valence-electron chi connectivity index (χ3n) is 3.50. The zero-order valence-electron chi connectivity index (χ0n) is 13.6. The number of nitrogens with zero attached hydrogens (tertiary/aromatic N) is 1. The van der Waals surface area contributed by atoms with E-state index in [4.69, 9.17) is 0 Å². The number of carbonyl (C=O) groups excluding carboxylic acids is 1. The van der Waals surface area contributed by atoms with Crippen LogP contribution < -0.4 is 10.6 Å². The van der Waals surface area contributed by atoms with Gasteiger partial charge in [-0.3, -0.25) is 9.69 Å². The fourth-order valence-corrected chi connectivity index (χ4v) is 2.25. The van der Waals surface area contributed by atoms with Gasteiger partial charge in [0.2, 0.25) is 5.91 Å². The summed E-state index contributed by atoms with van der Waals surface area (Å²) in [7, 11) is 1.77. The van der Waals surface area contributed by atoms with Crippen LogP contribution >= 0.6 is 0 Å². The number of hydrogen-bond acceptors (Lipinski definition) is 3. The van der Waals surface area contributed by atoms with Crippen molar-refractivity contribution in [1.29, 1.82) is 0 Å². The molecule has 0 aromatic heterocycles. The van der Waals surface area contributed by atoms with Gasteiger partial charge < -0.3 is 10.6 Å². The smallest absolute Gasteiger partial charge is 0.234 e. The van der Waals surface area contributed by atoms with E-state index in [9.17, 15) is 4.79 Å². The standard InChI is InChI=1S/C17H29N3O/c1-4-6-10-20(5-2)14-16-9-7-8-15(11-16)12-19-17(21)13-18-3/h7-9,11,18H,4-6,10,12-14H2,1-3H3,(H,19,21). The zero-order valence-corrected chi connectivity index (χ0v) is 13.6. The molecule has 0 aliphatic rings. The number of amides is 1. The van der Waals surface area contributed by atoms with Crippen LogP contribution in [0, 0.1) is 0 Å². The molecule has 2 N–H and O–H groups in total. The summed E-state index contributed by atoms with van der Waals surface area (Å²) in [4.78, 5) is 13.9. The third-order valence-corrected chi connectivity index (χ3v) is 3.50. The van der Waals surface area contributed by atoms with E-state index in [2.05, 4.69) is 53.6 Å². The number of carbonyl (C=O) groups is 1. The van der Waals surface area contributed by atoms with E-state index in [0.717, 1.165) is 25.2 Å². The lowest BCUT2D eigenvalue weighted by molar-refractivity contribution is -0.120. The van der Waals surface area contributed by atoms with Crippen LogP contribution in [0.1, 0.15) is 37.8 Å². The van der Waals surface area contributed by atoms with Gasteiger partial charge in [0.15, 0.2) is 0 Å². The summed E-state index contributed by atoms with van der Waals surface area (Å²) >= 11 is 0. The van der Waals surface area contributed by atoms with Crippen molar-refractivity contribution < 1.29 is 4.79 Å². The third kappa shape index (κ3) is 7.25. The molecule has 0 saturated heterocycles. The zero-order chi connectivity index (χ0) is 15.5. The highest BCUT2D eigenvalue weighted by Crippen LogP contribution is 2.09. The summed E-state index contributed by atoms with van der Waals surface area (Å²) in [5.41, 5.74) is 2.47. The van der Waals surface area contributed by atoms with E-state index in [1.165, 1.54) is 18.4 Å². The fraction of sp³-hybridized carbons (Fsp3) is 0.588. The Balaban J connectivity index is 2.52. The van der Waals surface area contributed by atoms with Crippen molar-refractivity contribution in [2.45, 2.75) is 39.8 Å². The molecule has 1 amide bonds. The topological polar surface area (TPSA) is 44.4 Å². The van der Waals surface area contributed by atoms with Crippen molar-refractivity contribution >= 4 is 5.91 Å². The molecule has 1 aromatic carbocycles. The second-order valence-corrected chi connectivity index (χ2v) is 5.35. The van der Waals surface area contributed by atoms with Crippen LogP contribution in [-0.2, 0) is 17.9 Å². The number of hydrogen-bond donors (Lipinski definition) is 2. The largest absolute Gasteiger partial charge is 0.351 e. The molecule has 0 bridgehead atoms. The van der Waals surface area contributed by atoms with Gasteiger partial charge in [0.1, 0.15) is 0 Å². The Hall–Kier alpha value is -1.39. The molecule has 1 rings (SSSR count). The Morgan fingerprint density at radius 1 is 1.24 bits per heavy atom. The lowest BCUT2D eigenvalue weighted by Gasteiger charge is -2.20. The van der Waals surface area contributed by atoms with Crippen molar-refractivity contribution in [2.75, 3.05) is 26.7 Å². The molecule has 0 radical (unpaired) electrons. The molecular weight excluding hydrogens is 262 g/mol. The summed E-state index contributed by atoms with van der Waals surface area (Å²) < 4.78 is 0. The molecule has 118 valence electrons. The van der Waals surface area contributed by atoms with Gasteiger partial charge in [0.25, 0.3) is 0 Å². The molecule has 21 heavy (non-hydrogen) atoms. The van der Waals surface area contributed by atoms with Gasteiger partial charge in [-0.25, -0.2) is 0 Å². The van der Waals surface area contributed by atoms with Gasteiger partial charge in [-0.1, -0.05) is 44.5 Å². The normalized spacial score (nSPS) is 10.9. The van der Waals surface area contributed by atoms with Gasteiger partial charge in [0, 0.05) is 13.1 Å². The maximum Gasteiger partial charge on any atom is 0.234 e. The van der Waals surface area contributed by atoms with Crippen molar-refractivity contribution in [3.8, 4) is 0 Å². The minimum atomic E-state index is 0.0287. The van der Waals surface area contributed by atoms with Crippen LogP contribution in [0.2, 0.25) is 0 Å². The predicted octanol–water partition coefficient (Wildman–Crippen LogP) is 2.14. The summed E-state index contributed by atoms with van der Waals surface area (Å²) in [5.74, 6) is 0.0287. The predicted molar refractivity (Wildman–Crippen MR) is 88.1 cm³/mol. The minimum absolute atomic E-state index is 0.0287. The number of likely N-dealkylation sites (N-methyl/N-ethyl adjacent to an activating group) is 1. The maximum absolute atomic E-state index is 11.5. The second kappa shape index (κ2) is 10.4. The van der Waals surface area contributed by atoms with Crippen molar-refractivity contribution in [1.82, 2.24) is 15.5 Å². The lowest BCUT2D eigenvalue weighted by atomic mass is 10.1. The average Bonchev–Trinajstić information content (AvgIpc) is 2.50. The van der Waals surface area contributed by atoms with Crippen LogP contribution in [-0.4, -0.2) is 37.5 Å². The van der Waals surface area contributed by atoms with Gasteiger partial charge in [-0.2, -0.15) is 0 Å². The van der Waals surface area contributed by atoms with Gasteiger partial charge >= 0.3 is 0 Å². The first-order chi connectivity index (χ1) is 10.2. The fourth-order valence-electron chi connectivity index (χ4n) is 2.25. The molecule has 0 saturated carbocycles. The van der Waals surface area contributed by atoms with Crippen molar-refractivity contribution in [2.24, 2.45) is 0 Å². The number of unbranched alkanes of at least 4 members (excludes halogenated alkanes) is 1. The molecule has 0 unspecified atom stereocenters. The van der Waals surface area contributed by atoms with E-state index < -0.39 is 0 Å². The molecule has 0 fully saturated rings. The van der Waals surface area contributed by atoms with Gasteiger partial charge in [-0.15, -0.1) is 0 Å². The van der Waals surface area contributed by atoms with Crippen LogP contribution in [0.15, 0.2) is 24.3 Å². The molecule has 4 heteroatoms. The van der Waals surface area contributed by atoms with E-state index >= 15 is 0 Å². The molecule has 0 aliphatic heterocycles. The first-order valence-electron chi connectivity index (χ1n) is 7.91. The summed E-state index contributed by atoms with van der Waals surface area (Å²) in [6.07, 6.45) is 2.47. The van der Waals surface area contributed by atoms with Crippen molar-refractivity contribution in [3.63, 3.8) is 0 Å². The number of benzene rings is 1. The first kappa shape index (κ1) is 17.7. The van der Waals surface area contributed by atoms with Crippen molar-refractivity contribution in [3.05, 3.63) is 35.4 Å². The molecule has 0 spiro atoms. The Bertz CT molecular complexity index is 420. The number of rotatable bonds is 10. The molecule has 0 aliphatic carbocycles. The monoisotopic (exact) mass is 291 g/mol. The van der Waals surface area contributed by atoms with E-state index in [1.807, 2.05) is 0 Å². The first-order valence-corrected chi connectivity index (χ1v) is 7.91. The van der Waals surface area contributed by atoms with Gasteiger partial charge in [-0.05, 0) is 37.7 Å². The Morgan fingerprint density at radius 3 is 2.67 bits per heavy atom. The summed E-state index contributed by atoms with van der Waals surface area (Å²) in [6.45, 7) is 8.59. The summed E-state index contributed by atoms with van der Waals surface area (Å²) in [5, 5.41) is 5.76.